The Kier molecular flexibility index (Phi) is 3.71. The van der Waals surface area contributed by atoms with Gasteiger partial charge in [0.2, 0.25) is 0 Å². The molecule has 0 saturated carbocycles. The van der Waals surface area contributed by atoms with Gasteiger partial charge in [0, 0.05) is 30.2 Å². The minimum absolute atomic E-state index is 0.331. The van der Waals surface area contributed by atoms with Crippen molar-refractivity contribution >= 4 is 10.9 Å². The van der Waals surface area contributed by atoms with Gasteiger partial charge in [0.05, 0.1) is 17.3 Å². The van der Waals surface area contributed by atoms with Gasteiger partial charge in [-0.1, -0.05) is 18.2 Å². The lowest BCUT2D eigenvalue weighted by molar-refractivity contribution is 0.178. The summed E-state index contributed by atoms with van der Waals surface area (Å²) in [5.41, 5.74) is 2.71. The lowest BCUT2D eigenvalue weighted by atomic mass is 10.0. The van der Waals surface area contributed by atoms with Crippen molar-refractivity contribution in [2.24, 2.45) is 0 Å². The average Bonchev–Trinajstić information content (AvgIpc) is 2.95. The number of pyridine rings is 1. The van der Waals surface area contributed by atoms with Crippen LogP contribution in [0.3, 0.4) is 0 Å². The minimum Gasteiger partial charge on any atom is -0.388 e. The molecule has 108 valence electrons. The van der Waals surface area contributed by atoms with Crippen LogP contribution in [0.25, 0.3) is 10.9 Å². The van der Waals surface area contributed by atoms with E-state index < -0.39 is 6.10 Å². The van der Waals surface area contributed by atoms with Crippen LogP contribution in [-0.4, -0.2) is 19.9 Å². The quantitative estimate of drug-likeness (QED) is 0.798. The van der Waals surface area contributed by atoms with Crippen LogP contribution in [0.15, 0.2) is 48.8 Å². The number of para-hydroxylation sites is 1. The molecule has 0 aliphatic rings. The fourth-order valence-corrected chi connectivity index (χ4v) is 2.49. The van der Waals surface area contributed by atoms with E-state index in [1.807, 2.05) is 47.3 Å². The number of aliphatic hydroxyl groups excluding tert-OH is 1. The zero-order chi connectivity index (χ0) is 14.8. The van der Waals surface area contributed by atoms with Crippen molar-refractivity contribution in [1.29, 1.82) is 0 Å². The SMILES string of the molecule is CC(C)n1ccc(CC(O)c2ccnc3ccccc23)n1. The molecule has 21 heavy (non-hydrogen) atoms. The fourth-order valence-electron chi connectivity index (χ4n) is 2.49. The van der Waals surface area contributed by atoms with Crippen molar-refractivity contribution in [3.63, 3.8) is 0 Å². The number of benzene rings is 1. The van der Waals surface area contributed by atoms with Crippen molar-refractivity contribution in [2.75, 3.05) is 0 Å². The van der Waals surface area contributed by atoms with Gasteiger partial charge in [0.25, 0.3) is 0 Å². The molecule has 1 N–H and O–H groups in total. The summed E-state index contributed by atoms with van der Waals surface area (Å²) in [6.45, 7) is 4.17. The van der Waals surface area contributed by atoms with Gasteiger partial charge in [-0.3, -0.25) is 9.67 Å². The van der Waals surface area contributed by atoms with Gasteiger partial charge in [-0.2, -0.15) is 5.10 Å². The maximum absolute atomic E-state index is 10.5. The van der Waals surface area contributed by atoms with Crippen molar-refractivity contribution in [3.05, 3.63) is 60.0 Å². The first-order chi connectivity index (χ1) is 10.1. The Morgan fingerprint density at radius 2 is 1.95 bits per heavy atom. The number of hydrogen-bond donors (Lipinski definition) is 1. The number of nitrogens with zero attached hydrogens (tertiary/aromatic N) is 3. The molecule has 0 aliphatic heterocycles. The predicted octanol–water partition coefficient (Wildman–Crippen LogP) is 3.29. The first kappa shape index (κ1) is 13.8. The zero-order valence-corrected chi connectivity index (χ0v) is 12.3. The molecule has 0 radical (unpaired) electrons. The molecule has 0 spiro atoms. The van der Waals surface area contributed by atoms with Crippen molar-refractivity contribution in [2.45, 2.75) is 32.4 Å². The minimum atomic E-state index is -0.576. The number of rotatable bonds is 4. The number of aliphatic hydroxyl groups is 1. The van der Waals surface area contributed by atoms with Crippen molar-refractivity contribution < 1.29 is 5.11 Å². The molecule has 0 saturated heterocycles. The molecular formula is C17H19N3O. The van der Waals surface area contributed by atoms with E-state index in [1.54, 1.807) is 6.20 Å². The van der Waals surface area contributed by atoms with E-state index in [2.05, 4.69) is 23.9 Å². The van der Waals surface area contributed by atoms with E-state index in [0.29, 0.717) is 12.5 Å². The van der Waals surface area contributed by atoms with E-state index in [-0.39, 0.29) is 0 Å². The van der Waals surface area contributed by atoms with Crippen molar-refractivity contribution in [1.82, 2.24) is 14.8 Å². The number of aromatic nitrogens is 3. The Morgan fingerprint density at radius 3 is 2.71 bits per heavy atom. The topological polar surface area (TPSA) is 50.9 Å². The highest BCUT2D eigenvalue weighted by molar-refractivity contribution is 5.82. The van der Waals surface area contributed by atoms with E-state index in [0.717, 1.165) is 22.2 Å². The molecule has 0 fully saturated rings. The summed E-state index contributed by atoms with van der Waals surface area (Å²) in [5.74, 6) is 0. The van der Waals surface area contributed by atoms with Gasteiger partial charge < -0.3 is 5.11 Å². The normalized spacial score (nSPS) is 13.0. The van der Waals surface area contributed by atoms with Crippen LogP contribution < -0.4 is 0 Å². The molecule has 4 nitrogen and oxygen atoms in total. The Balaban J connectivity index is 1.88. The summed E-state index contributed by atoms with van der Waals surface area (Å²) in [6, 6.07) is 12.0. The molecule has 2 heterocycles. The summed E-state index contributed by atoms with van der Waals surface area (Å²) in [5, 5.41) is 16.0. The van der Waals surface area contributed by atoms with E-state index in [1.165, 1.54) is 0 Å². The van der Waals surface area contributed by atoms with Crippen LogP contribution in [0.2, 0.25) is 0 Å². The summed E-state index contributed by atoms with van der Waals surface area (Å²) in [4.78, 5) is 4.33. The molecule has 1 atom stereocenters. The van der Waals surface area contributed by atoms with Gasteiger partial charge in [-0.25, -0.2) is 0 Å². The van der Waals surface area contributed by atoms with Crippen LogP contribution >= 0.6 is 0 Å². The van der Waals surface area contributed by atoms with Gasteiger partial charge in [-0.05, 0) is 37.6 Å². The van der Waals surface area contributed by atoms with Gasteiger partial charge >= 0.3 is 0 Å². The second-order valence-corrected chi connectivity index (χ2v) is 5.52. The standard InChI is InChI=1S/C17H19N3O/c1-12(2)20-10-8-13(19-20)11-17(21)15-7-9-18-16-6-4-3-5-14(15)16/h3-10,12,17,21H,11H2,1-2H3. The molecule has 0 aliphatic carbocycles. The van der Waals surface area contributed by atoms with Crippen LogP contribution in [0.4, 0.5) is 0 Å². The summed E-state index contributed by atoms with van der Waals surface area (Å²) in [7, 11) is 0. The summed E-state index contributed by atoms with van der Waals surface area (Å²) in [6.07, 6.45) is 3.63. The van der Waals surface area contributed by atoms with E-state index >= 15 is 0 Å². The molecule has 0 amide bonds. The lowest BCUT2D eigenvalue weighted by Gasteiger charge is -2.12. The molecule has 2 aromatic heterocycles. The van der Waals surface area contributed by atoms with Crippen LogP contribution in [-0.2, 0) is 6.42 Å². The Morgan fingerprint density at radius 1 is 1.14 bits per heavy atom. The van der Waals surface area contributed by atoms with E-state index in [4.69, 9.17) is 0 Å². The van der Waals surface area contributed by atoms with Gasteiger partial charge in [0.1, 0.15) is 0 Å². The Hall–Kier alpha value is -2.20. The highest BCUT2D eigenvalue weighted by atomic mass is 16.3. The van der Waals surface area contributed by atoms with Crippen LogP contribution in [0, 0.1) is 0 Å². The summed E-state index contributed by atoms with van der Waals surface area (Å²) < 4.78 is 1.91. The number of hydrogen-bond acceptors (Lipinski definition) is 3. The van der Waals surface area contributed by atoms with Gasteiger partial charge in [0.15, 0.2) is 0 Å². The first-order valence-electron chi connectivity index (χ1n) is 7.21. The average molecular weight is 281 g/mol. The monoisotopic (exact) mass is 281 g/mol. The predicted molar refractivity (Wildman–Crippen MR) is 83.0 cm³/mol. The maximum Gasteiger partial charge on any atom is 0.0853 e. The third-order valence-corrected chi connectivity index (χ3v) is 3.64. The molecular weight excluding hydrogens is 262 g/mol. The van der Waals surface area contributed by atoms with Gasteiger partial charge in [-0.15, -0.1) is 0 Å². The third-order valence-electron chi connectivity index (χ3n) is 3.64. The molecule has 3 rings (SSSR count). The van der Waals surface area contributed by atoms with Crippen LogP contribution in [0.1, 0.15) is 37.3 Å². The van der Waals surface area contributed by atoms with E-state index in [9.17, 15) is 5.11 Å². The Labute approximate surface area is 124 Å². The molecule has 4 heteroatoms. The maximum atomic E-state index is 10.5. The summed E-state index contributed by atoms with van der Waals surface area (Å²) >= 11 is 0. The largest absolute Gasteiger partial charge is 0.388 e. The lowest BCUT2D eigenvalue weighted by Crippen LogP contribution is -2.06. The second kappa shape index (κ2) is 5.66. The molecule has 0 bridgehead atoms. The number of fused-ring (bicyclic) bond motifs is 1. The Bertz CT molecular complexity index is 743. The smallest absolute Gasteiger partial charge is 0.0853 e. The third kappa shape index (κ3) is 2.81. The van der Waals surface area contributed by atoms with Crippen molar-refractivity contribution in [3.8, 4) is 0 Å². The zero-order valence-electron chi connectivity index (χ0n) is 12.3. The van der Waals surface area contributed by atoms with Crippen LogP contribution in [0.5, 0.6) is 0 Å². The fraction of sp³-hybridized carbons (Fsp3) is 0.294. The highest BCUT2D eigenvalue weighted by Gasteiger charge is 2.14. The molecule has 1 unspecified atom stereocenters. The first-order valence-corrected chi connectivity index (χ1v) is 7.21. The second-order valence-electron chi connectivity index (χ2n) is 5.52. The highest BCUT2D eigenvalue weighted by Crippen LogP contribution is 2.25. The molecule has 3 aromatic rings. The molecule has 1 aromatic carbocycles.